The van der Waals surface area contributed by atoms with Crippen LogP contribution < -0.4 is 4.74 Å². The van der Waals surface area contributed by atoms with E-state index in [0.717, 1.165) is 39.0 Å². The number of hydrogen-bond acceptors (Lipinski definition) is 4. The molecule has 0 bridgehead atoms. The summed E-state index contributed by atoms with van der Waals surface area (Å²) in [5, 5.41) is 1.06. The van der Waals surface area contributed by atoms with Gasteiger partial charge in [-0.3, -0.25) is 4.79 Å². The van der Waals surface area contributed by atoms with Gasteiger partial charge in [0, 0.05) is 35.7 Å². The lowest BCUT2D eigenvalue weighted by Crippen LogP contribution is -2.39. The van der Waals surface area contributed by atoms with E-state index in [9.17, 15) is 4.79 Å². The summed E-state index contributed by atoms with van der Waals surface area (Å²) in [6.45, 7) is 11.0. The van der Waals surface area contributed by atoms with Crippen molar-refractivity contribution in [3.8, 4) is 5.75 Å². The van der Waals surface area contributed by atoms with Crippen LogP contribution in [-0.2, 0) is 9.53 Å². The SMILES string of the molecule is CCOc1c(/C(C)=C/C(=O)N2CCOCC2)cc2c(C)coc2c1C. The third kappa shape index (κ3) is 3.42. The number of carbonyl (C=O) groups is 1. The number of furan rings is 1. The number of carbonyl (C=O) groups excluding carboxylic acids is 1. The van der Waals surface area contributed by atoms with Crippen LogP contribution in [0.25, 0.3) is 16.5 Å². The summed E-state index contributed by atoms with van der Waals surface area (Å²) in [6.07, 6.45) is 3.46. The molecule has 5 nitrogen and oxygen atoms in total. The van der Waals surface area contributed by atoms with E-state index in [1.807, 2.05) is 32.6 Å². The van der Waals surface area contributed by atoms with E-state index in [2.05, 4.69) is 6.07 Å². The molecule has 3 rings (SSSR count). The Hall–Kier alpha value is -2.27. The van der Waals surface area contributed by atoms with Crippen LogP contribution in [0.5, 0.6) is 5.75 Å². The highest BCUT2D eigenvalue weighted by atomic mass is 16.5. The van der Waals surface area contributed by atoms with Crippen molar-refractivity contribution >= 4 is 22.4 Å². The Bertz CT molecular complexity index is 813. The Kier molecular flexibility index (Phi) is 5.13. The summed E-state index contributed by atoms with van der Waals surface area (Å²) in [5.41, 5.74) is 4.73. The van der Waals surface area contributed by atoms with Gasteiger partial charge in [0.25, 0.3) is 0 Å². The number of benzene rings is 1. The van der Waals surface area contributed by atoms with Crippen molar-refractivity contribution in [2.75, 3.05) is 32.9 Å². The molecule has 0 N–H and O–H groups in total. The van der Waals surface area contributed by atoms with Gasteiger partial charge in [0.05, 0.1) is 26.1 Å². The number of nitrogens with zero attached hydrogens (tertiary/aromatic N) is 1. The van der Waals surface area contributed by atoms with Crippen molar-refractivity contribution in [1.29, 1.82) is 0 Å². The number of ether oxygens (including phenoxy) is 2. The quantitative estimate of drug-likeness (QED) is 0.794. The summed E-state index contributed by atoms with van der Waals surface area (Å²) in [7, 11) is 0. The summed E-state index contributed by atoms with van der Waals surface area (Å²) in [6, 6.07) is 2.06. The van der Waals surface area contributed by atoms with Crippen LogP contribution in [0, 0.1) is 13.8 Å². The Morgan fingerprint density at radius 1 is 1.32 bits per heavy atom. The van der Waals surface area contributed by atoms with Crippen LogP contribution in [0.2, 0.25) is 0 Å². The van der Waals surface area contributed by atoms with Crippen molar-refractivity contribution in [2.45, 2.75) is 27.7 Å². The van der Waals surface area contributed by atoms with Gasteiger partial charge in [-0.25, -0.2) is 0 Å². The first-order valence-corrected chi connectivity index (χ1v) is 8.72. The normalized spacial score (nSPS) is 15.7. The van der Waals surface area contributed by atoms with Crippen molar-refractivity contribution in [3.63, 3.8) is 0 Å². The standard InChI is InChI=1S/C20H25NO4/c1-5-24-19-15(4)20-17(14(3)12-25-20)11-16(19)13(2)10-18(22)21-6-8-23-9-7-21/h10-12H,5-9H2,1-4H3/b13-10+. The summed E-state index contributed by atoms with van der Waals surface area (Å²) in [5.74, 6) is 0.804. The largest absolute Gasteiger partial charge is 0.493 e. The number of hydrogen-bond donors (Lipinski definition) is 0. The maximum atomic E-state index is 12.6. The maximum Gasteiger partial charge on any atom is 0.247 e. The fourth-order valence-electron chi connectivity index (χ4n) is 3.20. The average Bonchev–Trinajstić information content (AvgIpc) is 2.99. The molecule has 1 fully saturated rings. The lowest BCUT2D eigenvalue weighted by atomic mass is 9.98. The van der Waals surface area contributed by atoms with E-state index < -0.39 is 0 Å². The second kappa shape index (κ2) is 7.31. The predicted octanol–water partition coefficient (Wildman–Crippen LogP) is 3.71. The number of amides is 1. The number of morpholine rings is 1. The highest BCUT2D eigenvalue weighted by Crippen LogP contribution is 2.37. The van der Waals surface area contributed by atoms with Crippen molar-refractivity contribution < 1.29 is 18.7 Å². The van der Waals surface area contributed by atoms with Crippen molar-refractivity contribution in [2.24, 2.45) is 0 Å². The van der Waals surface area contributed by atoms with Gasteiger partial charge in [-0.1, -0.05) is 0 Å². The first-order chi connectivity index (χ1) is 12.0. The smallest absolute Gasteiger partial charge is 0.247 e. The molecular formula is C20H25NO4. The van der Waals surface area contributed by atoms with Crippen LogP contribution in [0.3, 0.4) is 0 Å². The third-order valence-corrected chi connectivity index (χ3v) is 4.61. The molecule has 1 saturated heterocycles. The molecule has 0 spiro atoms. The molecule has 1 aromatic carbocycles. The van der Waals surface area contributed by atoms with Gasteiger partial charge in [-0.15, -0.1) is 0 Å². The lowest BCUT2D eigenvalue weighted by molar-refractivity contribution is -0.129. The molecule has 0 unspecified atom stereocenters. The Morgan fingerprint density at radius 3 is 2.72 bits per heavy atom. The predicted molar refractivity (Wildman–Crippen MR) is 97.9 cm³/mol. The van der Waals surface area contributed by atoms with E-state index in [4.69, 9.17) is 13.9 Å². The van der Waals surface area contributed by atoms with Gasteiger partial charge >= 0.3 is 0 Å². The molecule has 0 radical (unpaired) electrons. The second-order valence-electron chi connectivity index (χ2n) is 6.37. The first-order valence-electron chi connectivity index (χ1n) is 8.72. The summed E-state index contributed by atoms with van der Waals surface area (Å²) < 4.78 is 16.9. The zero-order valence-corrected chi connectivity index (χ0v) is 15.3. The molecule has 2 heterocycles. The van der Waals surface area contributed by atoms with E-state index in [-0.39, 0.29) is 5.91 Å². The van der Waals surface area contributed by atoms with E-state index in [1.165, 1.54) is 0 Å². The maximum absolute atomic E-state index is 12.6. The van der Waals surface area contributed by atoms with Crippen LogP contribution in [0.15, 0.2) is 22.8 Å². The van der Waals surface area contributed by atoms with Crippen LogP contribution in [-0.4, -0.2) is 43.7 Å². The molecule has 1 aliphatic heterocycles. The second-order valence-corrected chi connectivity index (χ2v) is 6.37. The van der Waals surface area contributed by atoms with E-state index >= 15 is 0 Å². The fourth-order valence-corrected chi connectivity index (χ4v) is 3.20. The molecule has 25 heavy (non-hydrogen) atoms. The number of fused-ring (bicyclic) bond motifs is 1. The molecule has 0 aliphatic carbocycles. The molecule has 0 saturated carbocycles. The molecule has 1 amide bonds. The molecule has 1 aliphatic rings. The average molecular weight is 343 g/mol. The zero-order chi connectivity index (χ0) is 18.0. The van der Waals surface area contributed by atoms with Crippen LogP contribution in [0.4, 0.5) is 0 Å². The van der Waals surface area contributed by atoms with Gasteiger partial charge in [0.2, 0.25) is 5.91 Å². The Labute approximate surface area is 148 Å². The first kappa shape index (κ1) is 17.5. The summed E-state index contributed by atoms with van der Waals surface area (Å²) in [4.78, 5) is 14.4. The number of rotatable bonds is 4. The number of aryl methyl sites for hydroxylation is 2. The van der Waals surface area contributed by atoms with Gasteiger partial charge in [-0.05, 0) is 44.9 Å². The minimum absolute atomic E-state index is 0.0184. The molecule has 5 heteroatoms. The van der Waals surface area contributed by atoms with Gasteiger partial charge in [0.15, 0.2) is 0 Å². The molecule has 134 valence electrons. The van der Waals surface area contributed by atoms with E-state index in [1.54, 1.807) is 12.3 Å². The molecule has 2 aromatic rings. The fraction of sp³-hybridized carbons (Fsp3) is 0.450. The summed E-state index contributed by atoms with van der Waals surface area (Å²) >= 11 is 0. The van der Waals surface area contributed by atoms with Gasteiger partial charge < -0.3 is 18.8 Å². The Morgan fingerprint density at radius 2 is 2.04 bits per heavy atom. The molecular weight excluding hydrogens is 318 g/mol. The van der Waals surface area contributed by atoms with Crippen LogP contribution >= 0.6 is 0 Å². The highest BCUT2D eigenvalue weighted by molar-refractivity contribution is 5.98. The Balaban J connectivity index is 2.02. The molecule has 0 atom stereocenters. The van der Waals surface area contributed by atoms with Gasteiger partial charge in [0.1, 0.15) is 11.3 Å². The van der Waals surface area contributed by atoms with Crippen molar-refractivity contribution in [1.82, 2.24) is 4.90 Å². The minimum atomic E-state index is 0.0184. The molecule has 1 aromatic heterocycles. The number of allylic oxidation sites excluding steroid dienone is 1. The van der Waals surface area contributed by atoms with Crippen LogP contribution in [0.1, 0.15) is 30.5 Å². The topological polar surface area (TPSA) is 51.9 Å². The minimum Gasteiger partial charge on any atom is -0.493 e. The highest BCUT2D eigenvalue weighted by Gasteiger charge is 2.19. The monoisotopic (exact) mass is 343 g/mol. The van der Waals surface area contributed by atoms with E-state index in [0.29, 0.717) is 32.9 Å². The zero-order valence-electron chi connectivity index (χ0n) is 15.3. The van der Waals surface area contributed by atoms with Crippen molar-refractivity contribution in [3.05, 3.63) is 35.1 Å². The third-order valence-electron chi connectivity index (χ3n) is 4.61. The lowest BCUT2D eigenvalue weighted by Gasteiger charge is -2.26. The van der Waals surface area contributed by atoms with Gasteiger partial charge in [-0.2, -0.15) is 0 Å².